The van der Waals surface area contributed by atoms with E-state index in [1.807, 2.05) is 17.9 Å². The van der Waals surface area contributed by atoms with Crippen molar-refractivity contribution in [2.75, 3.05) is 26.2 Å². The Balaban J connectivity index is 1.28. The van der Waals surface area contributed by atoms with E-state index in [1.54, 1.807) is 0 Å². The number of nitrogens with one attached hydrogen (secondary N) is 1. The van der Waals surface area contributed by atoms with Gasteiger partial charge in [-0.25, -0.2) is 4.98 Å². The highest BCUT2D eigenvalue weighted by molar-refractivity contribution is 8.00. The Morgan fingerprint density at radius 2 is 1.74 bits per heavy atom. The molecule has 0 radical (unpaired) electrons. The van der Waals surface area contributed by atoms with Crippen molar-refractivity contribution in [3.63, 3.8) is 0 Å². The Morgan fingerprint density at radius 1 is 1.03 bits per heavy atom. The first-order chi connectivity index (χ1) is 15.1. The zero-order valence-electron chi connectivity index (χ0n) is 18.1. The average Bonchev–Trinajstić information content (AvgIpc) is 3.28. The van der Waals surface area contributed by atoms with Gasteiger partial charge in [0.2, 0.25) is 11.1 Å². The Bertz CT molecular complexity index is 981. The zero-order valence-corrected chi connectivity index (χ0v) is 18.9. The van der Waals surface area contributed by atoms with Crippen LogP contribution >= 0.6 is 11.8 Å². The Kier molecular flexibility index (Phi) is 7.04. The third-order valence-electron chi connectivity index (χ3n) is 5.66. The van der Waals surface area contributed by atoms with E-state index in [2.05, 4.69) is 75.5 Å². The van der Waals surface area contributed by atoms with Crippen molar-refractivity contribution in [3.05, 3.63) is 65.7 Å². The third kappa shape index (κ3) is 5.54. The molecule has 1 atom stereocenters. The number of carbonyl (C=O) groups is 1. The molecule has 1 aliphatic rings. The fourth-order valence-corrected chi connectivity index (χ4v) is 4.57. The molecule has 3 aromatic rings. The number of nitrogens with zero attached hydrogens (tertiary/aromatic N) is 4. The molecule has 2 heterocycles. The van der Waals surface area contributed by atoms with E-state index in [4.69, 9.17) is 0 Å². The second kappa shape index (κ2) is 10.1. The Morgan fingerprint density at radius 3 is 2.42 bits per heavy atom. The van der Waals surface area contributed by atoms with E-state index in [0.29, 0.717) is 5.16 Å². The summed E-state index contributed by atoms with van der Waals surface area (Å²) in [4.78, 5) is 21.9. The fourth-order valence-electron chi connectivity index (χ4n) is 3.76. The minimum atomic E-state index is -0.216. The minimum Gasteiger partial charge on any atom is -0.339 e. The number of piperazine rings is 1. The molecule has 1 N–H and O–H groups in total. The van der Waals surface area contributed by atoms with Crippen LogP contribution in [0.15, 0.2) is 59.8 Å². The molecule has 0 aliphatic carbocycles. The Hall–Kier alpha value is -2.64. The second-order valence-electron chi connectivity index (χ2n) is 7.86. The molecule has 2 aromatic carbocycles. The molecule has 0 bridgehead atoms. The highest BCUT2D eigenvalue weighted by Crippen LogP contribution is 2.24. The van der Waals surface area contributed by atoms with E-state index in [1.165, 1.54) is 22.9 Å². The first kappa shape index (κ1) is 21.6. The van der Waals surface area contributed by atoms with Crippen molar-refractivity contribution >= 4 is 17.7 Å². The van der Waals surface area contributed by atoms with Gasteiger partial charge in [0.1, 0.15) is 0 Å². The predicted molar refractivity (Wildman–Crippen MR) is 125 cm³/mol. The summed E-state index contributed by atoms with van der Waals surface area (Å²) in [6.45, 7) is 8.34. The molecule has 1 amide bonds. The highest BCUT2D eigenvalue weighted by atomic mass is 32.2. The zero-order chi connectivity index (χ0) is 21.6. The van der Waals surface area contributed by atoms with Crippen molar-refractivity contribution in [1.29, 1.82) is 0 Å². The molecule has 0 spiro atoms. The largest absolute Gasteiger partial charge is 0.339 e. The molecule has 162 valence electrons. The molecule has 1 fully saturated rings. The molecule has 1 aromatic heterocycles. The standard InChI is InChI=1S/C24H29N5OS/c1-3-19-9-11-21(12-10-19)22-25-24(27-26-22)31-18(2)23(30)29-15-13-28(14-16-29)17-20-7-5-4-6-8-20/h4-12,18H,3,13-17H2,1-2H3,(H,25,26,27)/t18-/m1/s1. The van der Waals surface area contributed by atoms with Gasteiger partial charge in [-0.1, -0.05) is 73.3 Å². The van der Waals surface area contributed by atoms with E-state index >= 15 is 0 Å². The van der Waals surface area contributed by atoms with Gasteiger partial charge in [0.25, 0.3) is 0 Å². The highest BCUT2D eigenvalue weighted by Gasteiger charge is 2.26. The lowest BCUT2D eigenvalue weighted by atomic mass is 10.1. The topological polar surface area (TPSA) is 65.1 Å². The van der Waals surface area contributed by atoms with Gasteiger partial charge in [0.05, 0.1) is 5.25 Å². The number of aryl methyl sites for hydroxylation is 1. The van der Waals surface area contributed by atoms with Crippen LogP contribution in [0, 0.1) is 0 Å². The minimum absolute atomic E-state index is 0.156. The van der Waals surface area contributed by atoms with Crippen molar-refractivity contribution in [2.45, 2.75) is 37.2 Å². The van der Waals surface area contributed by atoms with Crippen molar-refractivity contribution < 1.29 is 4.79 Å². The molecule has 7 heteroatoms. The maximum absolute atomic E-state index is 12.9. The molecule has 0 unspecified atom stereocenters. The lowest BCUT2D eigenvalue weighted by Crippen LogP contribution is -2.50. The number of hydrogen-bond acceptors (Lipinski definition) is 5. The Labute approximate surface area is 188 Å². The molecule has 4 rings (SSSR count). The molecular formula is C24H29N5OS. The van der Waals surface area contributed by atoms with E-state index < -0.39 is 0 Å². The number of carbonyl (C=O) groups excluding carboxylic acids is 1. The quantitative estimate of drug-likeness (QED) is 0.571. The maximum atomic E-state index is 12.9. The number of hydrogen-bond donors (Lipinski definition) is 1. The lowest BCUT2D eigenvalue weighted by molar-refractivity contribution is -0.132. The number of benzene rings is 2. The molecule has 0 saturated carbocycles. The van der Waals surface area contributed by atoms with Crippen LogP contribution in [0.1, 0.15) is 25.0 Å². The van der Waals surface area contributed by atoms with E-state index in [0.717, 1.165) is 50.5 Å². The molecule has 1 aliphatic heterocycles. The van der Waals surface area contributed by atoms with Crippen molar-refractivity contribution in [3.8, 4) is 11.4 Å². The van der Waals surface area contributed by atoms with Gasteiger partial charge in [-0.05, 0) is 24.5 Å². The van der Waals surface area contributed by atoms with Gasteiger partial charge in [0, 0.05) is 38.3 Å². The maximum Gasteiger partial charge on any atom is 0.235 e. The number of amides is 1. The number of rotatable bonds is 7. The van der Waals surface area contributed by atoms with Crippen LogP contribution in [-0.4, -0.2) is 62.3 Å². The monoisotopic (exact) mass is 435 g/mol. The van der Waals surface area contributed by atoms with Crippen LogP contribution in [0.3, 0.4) is 0 Å². The van der Waals surface area contributed by atoms with Crippen LogP contribution in [0.2, 0.25) is 0 Å². The fraction of sp³-hybridized carbons (Fsp3) is 0.375. The molecule has 31 heavy (non-hydrogen) atoms. The number of aromatic amines is 1. The summed E-state index contributed by atoms with van der Waals surface area (Å²) in [5, 5.41) is 7.70. The van der Waals surface area contributed by atoms with Crippen LogP contribution in [0.25, 0.3) is 11.4 Å². The van der Waals surface area contributed by atoms with Gasteiger partial charge >= 0.3 is 0 Å². The van der Waals surface area contributed by atoms with E-state index in [-0.39, 0.29) is 11.2 Å². The first-order valence-corrected chi connectivity index (χ1v) is 11.7. The lowest BCUT2D eigenvalue weighted by Gasteiger charge is -2.35. The summed E-state index contributed by atoms with van der Waals surface area (Å²) in [7, 11) is 0. The number of H-pyrrole nitrogens is 1. The van der Waals surface area contributed by atoms with Crippen LogP contribution in [0.4, 0.5) is 0 Å². The van der Waals surface area contributed by atoms with Crippen molar-refractivity contribution in [2.24, 2.45) is 0 Å². The van der Waals surface area contributed by atoms with Gasteiger partial charge in [-0.15, -0.1) is 5.10 Å². The van der Waals surface area contributed by atoms with Gasteiger partial charge < -0.3 is 4.90 Å². The summed E-state index contributed by atoms with van der Waals surface area (Å²) >= 11 is 1.41. The SMILES string of the molecule is CCc1ccc(-c2nc(S[C@H](C)C(=O)N3CCN(Cc4ccccc4)CC3)n[nH]2)cc1. The average molecular weight is 436 g/mol. The summed E-state index contributed by atoms with van der Waals surface area (Å²) in [6, 6.07) is 18.8. The van der Waals surface area contributed by atoms with Crippen LogP contribution in [0.5, 0.6) is 0 Å². The number of aromatic nitrogens is 3. The van der Waals surface area contributed by atoms with Gasteiger partial charge in [0.15, 0.2) is 5.82 Å². The smallest absolute Gasteiger partial charge is 0.235 e. The normalized spacial score (nSPS) is 15.7. The molecule has 6 nitrogen and oxygen atoms in total. The van der Waals surface area contributed by atoms with Crippen LogP contribution in [-0.2, 0) is 17.8 Å². The summed E-state index contributed by atoms with van der Waals surface area (Å²) in [6.07, 6.45) is 1.01. The molecular weight excluding hydrogens is 406 g/mol. The van der Waals surface area contributed by atoms with Gasteiger partial charge in [-0.2, -0.15) is 0 Å². The summed E-state index contributed by atoms with van der Waals surface area (Å²) in [5.74, 6) is 0.891. The predicted octanol–water partition coefficient (Wildman–Crippen LogP) is 3.86. The van der Waals surface area contributed by atoms with Crippen LogP contribution < -0.4 is 0 Å². The summed E-state index contributed by atoms with van der Waals surface area (Å²) < 4.78 is 0. The van der Waals surface area contributed by atoms with Crippen molar-refractivity contribution in [1.82, 2.24) is 25.0 Å². The summed E-state index contributed by atoms with van der Waals surface area (Å²) in [5.41, 5.74) is 3.61. The first-order valence-electron chi connectivity index (χ1n) is 10.9. The van der Waals surface area contributed by atoms with Gasteiger partial charge in [-0.3, -0.25) is 14.8 Å². The second-order valence-corrected chi connectivity index (χ2v) is 9.17. The number of thioether (sulfide) groups is 1. The molecule has 1 saturated heterocycles. The van der Waals surface area contributed by atoms with E-state index in [9.17, 15) is 4.79 Å². The third-order valence-corrected chi connectivity index (χ3v) is 6.61.